The molecule has 0 heterocycles. The van der Waals surface area contributed by atoms with E-state index in [4.69, 9.17) is 4.74 Å². The van der Waals surface area contributed by atoms with Crippen molar-refractivity contribution < 1.29 is 9.53 Å². The van der Waals surface area contributed by atoms with Crippen molar-refractivity contribution in [2.75, 3.05) is 6.61 Å². The number of hydrogen-bond donors (Lipinski definition) is 0. The van der Waals surface area contributed by atoms with Crippen molar-refractivity contribution >= 4 is 5.97 Å². The number of ether oxygens (including phenoxy) is 1. The Morgan fingerprint density at radius 1 is 0.828 bits per heavy atom. The molecule has 0 aromatic heterocycles. The highest BCUT2D eigenvalue weighted by molar-refractivity contribution is 5.89. The number of unbranched alkanes of at least 4 members (excludes halogenated alkanes) is 2. The van der Waals surface area contributed by atoms with Gasteiger partial charge in [0.1, 0.15) is 0 Å². The standard InChI is InChI=1S/C27H42O2/c1-3-5-6-20-29-27(28)26-18-16-25(17-19-26)24-14-12-23(13-15-24)22-10-8-21(7-4-2)9-11-22/h16-19,21-24H,3-15,20H2,1-2H3/t21-,22-,23?,24?. The highest BCUT2D eigenvalue weighted by Gasteiger charge is 2.31. The first-order valence-electron chi connectivity index (χ1n) is 12.5. The van der Waals surface area contributed by atoms with E-state index in [2.05, 4.69) is 26.0 Å². The number of benzene rings is 1. The van der Waals surface area contributed by atoms with Gasteiger partial charge in [-0.2, -0.15) is 0 Å². The van der Waals surface area contributed by atoms with Crippen molar-refractivity contribution in [1.82, 2.24) is 0 Å². The molecular weight excluding hydrogens is 356 g/mol. The second kappa shape index (κ2) is 11.8. The number of carbonyl (C=O) groups is 1. The SMILES string of the molecule is CCCCCOC(=O)c1ccc(C2CCC([C@H]3CC[C@H](CCC)CC3)CC2)cc1. The maximum Gasteiger partial charge on any atom is 0.338 e. The van der Waals surface area contributed by atoms with Crippen LogP contribution in [-0.4, -0.2) is 12.6 Å². The third kappa shape index (κ3) is 6.59. The summed E-state index contributed by atoms with van der Waals surface area (Å²) in [6.07, 6.45) is 17.4. The van der Waals surface area contributed by atoms with Gasteiger partial charge in [-0.05, 0) is 86.3 Å². The molecule has 0 amide bonds. The van der Waals surface area contributed by atoms with E-state index in [1.54, 1.807) is 0 Å². The molecule has 2 saturated carbocycles. The van der Waals surface area contributed by atoms with Gasteiger partial charge in [-0.25, -0.2) is 4.79 Å². The molecule has 2 nitrogen and oxygen atoms in total. The fourth-order valence-corrected chi connectivity index (χ4v) is 5.77. The van der Waals surface area contributed by atoms with Crippen LogP contribution in [0.4, 0.5) is 0 Å². The maximum atomic E-state index is 12.2. The Labute approximate surface area is 178 Å². The Morgan fingerprint density at radius 3 is 2.03 bits per heavy atom. The minimum atomic E-state index is -0.171. The lowest BCUT2D eigenvalue weighted by molar-refractivity contribution is 0.0498. The molecule has 0 atom stereocenters. The van der Waals surface area contributed by atoms with Crippen molar-refractivity contribution in [3.8, 4) is 0 Å². The zero-order valence-electron chi connectivity index (χ0n) is 18.8. The lowest BCUT2D eigenvalue weighted by Gasteiger charge is -2.38. The van der Waals surface area contributed by atoms with Crippen molar-refractivity contribution in [2.45, 2.75) is 103 Å². The van der Waals surface area contributed by atoms with Crippen LogP contribution in [0.25, 0.3) is 0 Å². The van der Waals surface area contributed by atoms with Gasteiger partial charge in [0, 0.05) is 0 Å². The van der Waals surface area contributed by atoms with E-state index in [0.717, 1.165) is 37.0 Å². The first kappa shape index (κ1) is 22.4. The van der Waals surface area contributed by atoms with Crippen LogP contribution in [0.1, 0.15) is 119 Å². The van der Waals surface area contributed by atoms with Gasteiger partial charge < -0.3 is 4.74 Å². The maximum absolute atomic E-state index is 12.2. The Hall–Kier alpha value is -1.31. The molecule has 3 rings (SSSR count). The number of carbonyl (C=O) groups excluding carboxylic acids is 1. The highest BCUT2D eigenvalue weighted by atomic mass is 16.5. The first-order chi connectivity index (χ1) is 14.2. The van der Waals surface area contributed by atoms with E-state index in [9.17, 15) is 4.79 Å². The van der Waals surface area contributed by atoms with E-state index < -0.39 is 0 Å². The van der Waals surface area contributed by atoms with Gasteiger partial charge in [0.15, 0.2) is 0 Å². The van der Waals surface area contributed by atoms with Crippen LogP contribution in [0, 0.1) is 17.8 Å². The highest BCUT2D eigenvalue weighted by Crippen LogP contribution is 2.44. The normalized spacial score (nSPS) is 27.5. The quantitative estimate of drug-likeness (QED) is 0.312. The summed E-state index contributed by atoms with van der Waals surface area (Å²) in [6, 6.07) is 8.28. The van der Waals surface area contributed by atoms with E-state index in [1.807, 2.05) is 12.1 Å². The topological polar surface area (TPSA) is 26.3 Å². The summed E-state index contributed by atoms with van der Waals surface area (Å²) in [6.45, 7) is 5.03. The zero-order valence-corrected chi connectivity index (χ0v) is 18.8. The summed E-state index contributed by atoms with van der Waals surface area (Å²) in [4.78, 5) is 12.2. The smallest absolute Gasteiger partial charge is 0.338 e. The fourth-order valence-electron chi connectivity index (χ4n) is 5.77. The molecule has 1 aromatic rings. The van der Waals surface area contributed by atoms with Gasteiger partial charge in [-0.1, -0.05) is 64.5 Å². The van der Waals surface area contributed by atoms with Crippen LogP contribution in [0.15, 0.2) is 24.3 Å². The molecule has 2 aliphatic carbocycles. The molecule has 0 spiro atoms. The molecule has 0 radical (unpaired) electrons. The van der Waals surface area contributed by atoms with Crippen molar-refractivity contribution in [2.24, 2.45) is 17.8 Å². The summed E-state index contributed by atoms with van der Waals surface area (Å²) in [5.41, 5.74) is 2.11. The van der Waals surface area contributed by atoms with Crippen LogP contribution in [0.5, 0.6) is 0 Å². The molecule has 0 saturated heterocycles. The Bertz CT molecular complexity index is 589. The molecule has 0 bridgehead atoms. The van der Waals surface area contributed by atoms with Crippen LogP contribution < -0.4 is 0 Å². The van der Waals surface area contributed by atoms with Gasteiger partial charge in [0.2, 0.25) is 0 Å². The predicted octanol–water partition coefficient (Wildman–Crippen LogP) is 7.91. The van der Waals surface area contributed by atoms with Gasteiger partial charge in [-0.15, -0.1) is 0 Å². The summed E-state index contributed by atoms with van der Waals surface area (Å²) in [7, 11) is 0. The molecular formula is C27H42O2. The van der Waals surface area contributed by atoms with Gasteiger partial charge in [0.25, 0.3) is 0 Å². The summed E-state index contributed by atoms with van der Waals surface area (Å²) in [5, 5.41) is 0. The number of hydrogen-bond acceptors (Lipinski definition) is 2. The molecule has 162 valence electrons. The summed E-state index contributed by atoms with van der Waals surface area (Å²) < 4.78 is 5.38. The van der Waals surface area contributed by atoms with Crippen LogP contribution in [-0.2, 0) is 4.74 Å². The number of esters is 1. The van der Waals surface area contributed by atoms with E-state index in [1.165, 1.54) is 69.8 Å². The molecule has 2 aliphatic rings. The molecule has 0 N–H and O–H groups in total. The fraction of sp³-hybridized carbons (Fsp3) is 0.741. The average Bonchev–Trinajstić information content (AvgIpc) is 2.78. The predicted molar refractivity (Wildman–Crippen MR) is 121 cm³/mol. The van der Waals surface area contributed by atoms with Gasteiger partial charge >= 0.3 is 5.97 Å². The van der Waals surface area contributed by atoms with Crippen LogP contribution >= 0.6 is 0 Å². The average molecular weight is 399 g/mol. The summed E-state index contributed by atoms with van der Waals surface area (Å²) >= 11 is 0. The molecule has 0 unspecified atom stereocenters. The van der Waals surface area contributed by atoms with E-state index in [0.29, 0.717) is 18.1 Å². The van der Waals surface area contributed by atoms with E-state index >= 15 is 0 Å². The van der Waals surface area contributed by atoms with Crippen LogP contribution in [0.2, 0.25) is 0 Å². The minimum absolute atomic E-state index is 0.171. The van der Waals surface area contributed by atoms with E-state index in [-0.39, 0.29) is 5.97 Å². The van der Waals surface area contributed by atoms with Gasteiger partial charge in [-0.3, -0.25) is 0 Å². The monoisotopic (exact) mass is 398 g/mol. The summed E-state index contributed by atoms with van der Waals surface area (Å²) in [5.74, 6) is 3.48. The molecule has 2 heteroatoms. The second-order valence-corrected chi connectivity index (χ2v) is 9.65. The second-order valence-electron chi connectivity index (χ2n) is 9.65. The van der Waals surface area contributed by atoms with Gasteiger partial charge in [0.05, 0.1) is 12.2 Å². The van der Waals surface area contributed by atoms with Crippen LogP contribution in [0.3, 0.4) is 0 Å². The third-order valence-corrected chi connectivity index (χ3v) is 7.63. The first-order valence-corrected chi connectivity index (χ1v) is 12.5. The van der Waals surface area contributed by atoms with Crippen molar-refractivity contribution in [3.05, 3.63) is 35.4 Å². The largest absolute Gasteiger partial charge is 0.462 e. The Morgan fingerprint density at radius 2 is 1.45 bits per heavy atom. The van der Waals surface area contributed by atoms with Crippen molar-refractivity contribution in [3.63, 3.8) is 0 Å². The molecule has 29 heavy (non-hydrogen) atoms. The van der Waals surface area contributed by atoms with Crippen molar-refractivity contribution in [1.29, 1.82) is 0 Å². The third-order valence-electron chi connectivity index (χ3n) is 7.63. The lowest BCUT2D eigenvalue weighted by Crippen LogP contribution is -2.25. The number of rotatable bonds is 9. The Kier molecular flexibility index (Phi) is 9.08. The zero-order chi connectivity index (χ0) is 20.5. The molecule has 2 fully saturated rings. The molecule has 0 aliphatic heterocycles. The molecule has 1 aromatic carbocycles. The lowest BCUT2D eigenvalue weighted by atomic mass is 9.68. The minimum Gasteiger partial charge on any atom is -0.462 e. The Balaban J connectivity index is 1.42.